The lowest BCUT2D eigenvalue weighted by molar-refractivity contribution is -0.125. The number of carbonyl (C=O) groups excluding carboxylic acids is 1. The zero-order chi connectivity index (χ0) is 24.2. The Hall–Kier alpha value is -2.94. The summed E-state index contributed by atoms with van der Waals surface area (Å²) >= 11 is 0. The van der Waals surface area contributed by atoms with Gasteiger partial charge in [-0.3, -0.25) is 23.6 Å². The van der Waals surface area contributed by atoms with Gasteiger partial charge in [0.2, 0.25) is 5.91 Å². The minimum atomic E-state index is -0.342. The van der Waals surface area contributed by atoms with Crippen LogP contribution in [0.2, 0.25) is 0 Å². The number of nitrogens with zero attached hydrogens (tertiary/aromatic N) is 4. The Kier molecular flexibility index (Phi) is 7.50. The van der Waals surface area contributed by atoms with E-state index in [4.69, 9.17) is 0 Å². The second-order valence-electron chi connectivity index (χ2n) is 9.59. The number of likely N-dealkylation sites (tertiary alicyclic amines) is 1. The summed E-state index contributed by atoms with van der Waals surface area (Å²) in [7, 11) is 3.14. The molecule has 184 valence electrons. The Bertz CT molecular complexity index is 1110. The molecule has 0 radical (unpaired) electrons. The van der Waals surface area contributed by atoms with Crippen molar-refractivity contribution in [2.75, 3.05) is 37.6 Å². The Morgan fingerprint density at radius 1 is 0.971 bits per heavy atom. The summed E-state index contributed by atoms with van der Waals surface area (Å²) in [4.78, 5) is 41.4. The fourth-order valence-corrected chi connectivity index (χ4v) is 4.98. The lowest BCUT2D eigenvalue weighted by atomic mass is 9.94. The van der Waals surface area contributed by atoms with Gasteiger partial charge in [0.25, 0.3) is 5.56 Å². The number of aromatic nitrogens is 2. The van der Waals surface area contributed by atoms with Gasteiger partial charge in [-0.05, 0) is 62.4 Å². The van der Waals surface area contributed by atoms with Crippen molar-refractivity contribution in [3.8, 4) is 0 Å². The molecule has 2 fully saturated rings. The van der Waals surface area contributed by atoms with Crippen LogP contribution in [0.25, 0.3) is 0 Å². The number of hydrogen-bond acceptors (Lipinski definition) is 5. The molecule has 1 amide bonds. The molecule has 4 rings (SSSR count). The largest absolute Gasteiger partial charge is 0.358 e. The van der Waals surface area contributed by atoms with Crippen molar-refractivity contribution in [3.05, 3.63) is 62.6 Å². The smallest absolute Gasteiger partial charge is 0.332 e. The summed E-state index contributed by atoms with van der Waals surface area (Å²) in [5.41, 5.74) is 0.461. The molecule has 2 aliphatic rings. The first kappa shape index (κ1) is 24.2. The van der Waals surface area contributed by atoms with Gasteiger partial charge in [0.15, 0.2) is 0 Å². The van der Waals surface area contributed by atoms with Crippen molar-refractivity contribution in [3.63, 3.8) is 0 Å². The summed E-state index contributed by atoms with van der Waals surface area (Å²) in [6.07, 6.45) is 3.48. The van der Waals surface area contributed by atoms with Crippen LogP contribution in [-0.4, -0.2) is 52.7 Å². The average Bonchev–Trinajstić information content (AvgIpc) is 2.86. The highest BCUT2D eigenvalue weighted by molar-refractivity contribution is 5.79. The van der Waals surface area contributed by atoms with E-state index in [0.717, 1.165) is 42.6 Å². The molecule has 9 heteroatoms. The van der Waals surface area contributed by atoms with E-state index in [1.807, 2.05) is 17.0 Å². The fourth-order valence-electron chi connectivity index (χ4n) is 4.98. The third-order valence-corrected chi connectivity index (χ3v) is 7.28. The zero-order valence-electron chi connectivity index (χ0n) is 20.0. The van der Waals surface area contributed by atoms with Crippen molar-refractivity contribution in [2.45, 2.75) is 32.2 Å². The normalized spacial score (nSPS) is 18.3. The molecule has 0 aliphatic carbocycles. The Morgan fingerprint density at radius 3 is 2.26 bits per heavy atom. The first-order chi connectivity index (χ1) is 16.3. The molecule has 2 aliphatic heterocycles. The maximum atomic E-state index is 13.1. The van der Waals surface area contributed by atoms with E-state index in [2.05, 4.69) is 10.2 Å². The van der Waals surface area contributed by atoms with E-state index in [0.29, 0.717) is 44.2 Å². The van der Waals surface area contributed by atoms with E-state index in [1.54, 1.807) is 7.05 Å². The highest BCUT2D eigenvalue weighted by atomic mass is 19.1. The molecule has 34 heavy (non-hydrogen) atoms. The molecule has 0 atom stereocenters. The second kappa shape index (κ2) is 10.5. The van der Waals surface area contributed by atoms with Gasteiger partial charge in [-0.1, -0.05) is 12.1 Å². The van der Waals surface area contributed by atoms with Gasteiger partial charge in [-0.2, -0.15) is 0 Å². The van der Waals surface area contributed by atoms with E-state index < -0.39 is 0 Å². The molecule has 1 aromatic heterocycles. The van der Waals surface area contributed by atoms with E-state index >= 15 is 0 Å². The van der Waals surface area contributed by atoms with Crippen molar-refractivity contribution in [1.82, 2.24) is 19.4 Å². The van der Waals surface area contributed by atoms with Crippen LogP contribution in [0.15, 0.2) is 39.9 Å². The third kappa shape index (κ3) is 5.58. The third-order valence-electron chi connectivity index (χ3n) is 7.28. The van der Waals surface area contributed by atoms with Gasteiger partial charge in [0, 0.05) is 52.3 Å². The second-order valence-corrected chi connectivity index (χ2v) is 9.59. The van der Waals surface area contributed by atoms with Gasteiger partial charge in [0.05, 0.1) is 0 Å². The molecule has 1 aromatic carbocycles. The zero-order valence-corrected chi connectivity index (χ0v) is 20.0. The van der Waals surface area contributed by atoms with Crippen LogP contribution in [0.1, 0.15) is 31.2 Å². The predicted molar refractivity (Wildman–Crippen MR) is 129 cm³/mol. The minimum absolute atomic E-state index is 0.0432. The molecule has 8 nitrogen and oxygen atoms in total. The van der Waals surface area contributed by atoms with Crippen molar-refractivity contribution >= 4 is 11.7 Å². The van der Waals surface area contributed by atoms with Crippen LogP contribution in [-0.2, 0) is 25.4 Å². The number of anilines is 1. The topological polar surface area (TPSA) is 79.6 Å². The number of rotatable bonds is 6. The lowest BCUT2D eigenvalue weighted by Crippen LogP contribution is -2.45. The minimum Gasteiger partial charge on any atom is -0.358 e. The number of benzene rings is 1. The maximum Gasteiger partial charge on any atom is 0.332 e. The monoisotopic (exact) mass is 471 g/mol. The summed E-state index contributed by atoms with van der Waals surface area (Å²) in [6, 6.07) is 8.17. The summed E-state index contributed by atoms with van der Waals surface area (Å²) in [6.45, 7) is 4.77. The number of halogens is 1. The number of nitrogens with one attached hydrogen (secondary N) is 1. The molecule has 0 saturated carbocycles. The van der Waals surface area contributed by atoms with Crippen LogP contribution in [0.5, 0.6) is 0 Å². The average molecular weight is 472 g/mol. The standard InChI is InChI=1S/C25H34FN5O3/c1-28-22(15-23(32)29(2)25(28)34)31-13-9-20(10-14-31)24(33)27-16-18-7-11-30(12-8-18)17-19-3-5-21(26)6-4-19/h3-6,15,18,20H,7-14,16-17H2,1-2H3,(H,27,33). The van der Waals surface area contributed by atoms with Gasteiger partial charge >= 0.3 is 5.69 Å². The molecular formula is C25H34FN5O3. The van der Waals surface area contributed by atoms with Crippen molar-refractivity contribution < 1.29 is 9.18 Å². The molecule has 2 saturated heterocycles. The van der Waals surface area contributed by atoms with Crippen LogP contribution in [0.4, 0.5) is 10.2 Å². The Morgan fingerprint density at radius 2 is 1.62 bits per heavy atom. The molecular weight excluding hydrogens is 437 g/mol. The van der Waals surface area contributed by atoms with Gasteiger partial charge in [-0.15, -0.1) is 0 Å². The SMILES string of the molecule is Cn1c(N2CCC(C(=O)NCC3CCN(Cc4ccc(F)cc4)CC3)CC2)cc(=O)n(C)c1=O. The van der Waals surface area contributed by atoms with Gasteiger partial charge < -0.3 is 10.2 Å². The summed E-state index contributed by atoms with van der Waals surface area (Å²) < 4.78 is 15.7. The maximum absolute atomic E-state index is 13.1. The predicted octanol–water partition coefficient (Wildman–Crippen LogP) is 1.47. The fraction of sp³-hybridized carbons (Fsp3) is 0.560. The van der Waals surface area contributed by atoms with Crippen molar-refractivity contribution in [1.29, 1.82) is 0 Å². The van der Waals surface area contributed by atoms with Gasteiger partial charge in [0.1, 0.15) is 11.6 Å². The van der Waals surface area contributed by atoms with Crippen molar-refractivity contribution in [2.24, 2.45) is 25.9 Å². The highest BCUT2D eigenvalue weighted by Gasteiger charge is 2.27. The van der Waals surface area contributed by atoms with Gasteiger partial charge in [-0.25, -0.2) is 9.18 Å². The molecule has 1 N–H and O–H groups in total. The number of amides is 1. The summed E-state index contributed by atoms with van der Waals surface area (Å²) in [5, 5.41) is 3.16. The van der Waals surface area contributed by atoms with Crippen LogP contribution >= 0.6 is 0 Å². The van der Waals surface area contributed by atoms with E-state index in [-0.39, 0.29) is 28.9 Å². The summed E-state index contributed by atoms with van der Waals surface area (Å²) in [5.74, 6) is 0.938. The highest BCUT2D eigenvalue weighted by Crippen LogP contribution is 2.23. The molecule has 2 aromatic rings. The molecule has 3 heterocycles. The Labute approximate surface area is 199 Å². The number of carbonyl (C=O) groups is 1. The lowest BCUT2D eigenvalue weighted by Gasteiger charge is -2.34. The molecule has 0 unspecified atom stereocenters. The van der Waals surface area contributed by atoms with Crippen LogP contribution in [0.3, 0.4) is 0 Å². The van der Waals surface area contributed by atoms with Crippen LogP contribution in [0, 0.1) is 17.7 Å². The molecule has 0 bridgehead atoms. The van der Waals surface area contributed by atoms with Crippen LogP contribution < -0.4 is 21.5 Å². The first-order valence-corrected chi connectivity index (χ1v) is 12.1. The number of hydrogen-bond donors (Lipinski definition) is 1. The van der Waals surface area contributed by atoms with E-state index in [1.165, 1.54) is 29.8 Å². The Balaban J connectivity index is 1.20. The van der Waals surface area contributed by atoms with E-state index in [9.17, 15) is 18.8 Å². The molecule has 0 spiro atoms. The number of piperidine rings is 2. The quantitative estimate of drug-likeness (QED) is 0.690. The first-order valence-electron chi connectivity index (χ1n) is 12.1.